The zero-order valence-corrected chi connectivity index (χ0v) is 9.17. The Morgan fingerprint density at radius 1 is 1.24 bits per heavy atom. The van der Waals surface area contributed by atoms with Crippen molar-refractivity contribution in [3.05, 3.63) is 29.3 Å². The fraction of sp³-hybridized carbons (Fsp3) is 0.500. The van der Waals surface area contributed by atoms with Crippen molar-refractivity contribution in [1.29, 1.82) is 0 Å². The lowest BCUT2D eigenvalue weighted by molar-refractivity contribution is -0.137. The monoisotopic (exact) mass is 242 g/mol. The molecule has 2 aliphatic rings. The van der Waals surface area contributed by atoms with Gasteiger partial charge in [-0.2, -0.15) is 13.2 Å². The highest BCUT2D eigenvalue weighted by atomic mass is 19.4. The van der Waals surface area contributed by atoms with E-state index in [2.05, 4.69) is 0 Å². The molecule has 3 rings (SSSR count). The third-order valence-corrected chi connectivity index (χ3v) is 3.69. The molecule has 2 N–H and O–H groups in total. The van der Waals surface area contributed by atoms with Crippen LogP contribution in [0.1, 0.15) is 24.0 Å². The summed E-state index contributed by atoms with van der Waals surface area (Å²) in [6.45, 7) is 0. The largest absolute Gasteiger partial charge is 0.416 e. The van der Waals surface area contributed by atoms with Crippen LogP contribution in [-0.2, 0) is 12.6 Å². The van der Waals surface area contributed by atoms with Crippen molar-refractivity contribution in [2.45, 2.75) is 37.6 Å². The molecule has 1 fully saturated rings. The third kappa shape index (κ3) is 1.60. The van der Waals surface area contributed by atoms with E-state index in [1.165, 1.54) is 6.07 Å². The summed E-state index contributed by atoms with van der Waals surface area (Å²) in [6.07, 6.45) is -1.76. The second-order valence-corrected chi connectivity index (χ2v) is 4.75. The molecule has 0 aromatic heterocycles. The first-order chi connectivity index (χ1) is 7.97. The Balaban J connectivity index is 2.04. The van der Waals surface area contributed by atoms with Crippen molar-refractivity contribution in [1.82, 2.24) is 0 Å². The van der Waals surface area contributed by atoms with Gasteiger partial charge in [0.2, 0.25) is 0 Å². The van der Waals surface area contributed by atoms with Gasteiger partial charge in [-0.15, -0.1) is 0 Å². The number of benzene rings is 1. The van der Waals surface area contributed by atoms with Crippen LogP contribution in [-0.4, -0.2) is 12.2 Å². The number of nitrogens with two attached hydrogens (primary N) is 1. The summed E-state index contributed by atoms with van der Waals surface area (Å²) in [5, 5.41) is 0. The van der Waals surface area contributed by atoms with Crippen LogP contribution in [0.5, 0.6) is 0 Å². The van der Waals surface area contributed by atoms with Gasteiger partial charge < -0.3 is 10.6 Å². The molecule has 0 saturated carbocycles. The molecule has 1 saturated heterocycles. The van der Waals surface area contributed by atoms with Crippen molar-refractivity contribution in [3.63, 3.8) is 0 Å². The number of hydrogen-bond acceptors (Lipinski definition) is 2. The van der Waals surface area contributed by atoms with E-state index in [9.17, 15) is 13.2 Å². The van der Waals surface area contributed by atoms with Crippen LogP contribution in [0.2, 0.25) is 0 Å². The molecular weight excluding hydrogens is 229 g/mol. The van der Waals surface area contributed by atoms with Crippen LogP contribution in [0.4, 0.5) is 18.9 Å². The summed E-state index contributed by atoms with van der Waals surface area (Å²) < 4.78 is 37.9. The van der Waals surface area contributed by atoms with Crippen molar-refractivity contribution >= 4 is 5.69 Å². The van der Waals surface area contributed by atoms with E-state index in [1.54, 1.807) is 6.07 Å². The van der Waals surface area contributed by atoms with E-state index in [0.29, 0.717) is 11.7 Å². The van der Waals surface area contributed by atoms with E-state index in [1.807, 2.05) is 4.90 Å². The van der Waals surface area contributed by atoms with Crippen LogP contribution in [0.25, 0.3) is 0 Å². The zero-order chi connectivity index (χ0) is 12.2. The average molecular weight is 242 g/mol. The molecule has 92 valence electrons. The van der Waals surface area contributed by atoms with Crippen LogP contribution in [0.3, 0.4) is 0 Å². The fourth-order valence-corrected chi connectivity index (χ4v) is 2.89. The quantitative estimate of drug-likeness (QED) is 0.757. The Bertz CT molecular complexity index is 456. The molecule has 2 aliphatic heterocycles. The SMILES string of the molecule is NC1CCC2Cc3ccc(C(F)(F)F)cc3N12. The molecular formula is C12H13F3N2. The number of hydrogen-bond donors (Lipinski definition) is 1. The van der Waals surface area contributed by atoms with Crippen LogP contribution in [0.15, 0.2) is 18.2 Å². The highest BCUT2D eigenvalue weighted by molar-refractivity contribution is 5.62. The Kier molecular flexibility index (Phi) is 2.17. The Morgan fingerprint density at radius 3 is 2.71 bits per heavy atom. The standard InChI is InChI=1S/C12H13F3N2/c13-12(14,15)8-2-1-7-5-9-3-4-11(16)17(9)10(7)6-8/h1-2,6,9,11H,3-5,16H2. The van der Waals surface area contributed by atoms with Gasteiger partial charge in [-0.05, 0) is 37.0 Å². The van der Waals surface area contributed by atoms with E-state index in [-0.39, 0.29) is 6.17 Å². The number of nitrogens with zero attached hydrogens (tertiary/aromatic N) is 1. The zero-order valence-electron chi connectivity index (χ0n) is 9.17. The molecule has 1 aromatic carbocycles. The smallest absolute Gasteiger partial charge is 0.353 e. The van der Waals surface area contributed by atoms with Crippen molar-refractivity contribution in [3.8, 4) is 0 Å². The van der Waals surface area contributed by atoms with Crippen LogP contribution < -0.4 is 10.6 Å². The van der Waals surface area contributed by atoms with Gasteiger partial charge in [0.1, 0.15) is 0 Å². The summed E-state index contributed by atoms with van der Waals surface area (Å²) in [7, 11) is 0. The Labute approximate surface area is 97.2 Å². The molecule has 0 amide bonds. The number of anilines is 1. The first-order valence-electron chi connectivity index (χ1n) is 5.71. The molecule has 0 spiro atoms. The van der Waals surface area contributed by atoms with Gasteiger partial charge in [0.15, 0.2) is 0 Å². The normalized spacial score (nSPS) is 27.2. The number of fused-ring (bicyclic) bond motifs is 3. The van der Waals surface area contributed by atoms with E-state index >= 15 is 0 Å². The highest BCUT2D eigenvalue weighted by Crippen LogP contribution is 2.42. The van der Waals surface area contributed by atoms with Crippen molar-refractivity contribution < 1.29 is 13.2 Å². The number of alkyl halides is 3. The minimum Gasteiger partial charge on any atom is -0.353 e. The molecule has 1 aromatic rings. The summed E-state index contributed by atoms with van der Waals surface area (Å²) >= 11 is 0. The molecule has 17 heavy (non-hydrogen) atoms. The molecule has 2 heterocycles. The maximum atomic E-state index is 12.6. The highest BCUT2D eigenvalue weighted by Gasteiger charge is 2.39. The molecule has 0 radical (unpaired) electrons. The van der Waals surface area contributed by atoms with E-state index in [4.69, 9.17) is 5.73 Å². The summed E-state index contributed by atoms with van der Waals surface area (Å²) in [4.78, 5) is 1.95. The van der Waals surface area contributed by atoms with E-state index < -0.39 is 11.7 Å². The fourth-order valence-electron chi connectivity index (χ4n) is 2.89. The second-order valence-electron chi connectivity index (χ2n) is 4.75. The van der Waals surface area contributed by atoms with E-state index in [0.717, 1.165) is 30.9 Å². The van der Waals surface area contributed by atoms with Crippen molar-refractivity contribution in [2.75, 3.05) is 4.90 Å². The van der Waals surface area contributed by atoms with Gasteiger partial charge in [0.05, 0.1) is 11.7 Å². The van der Waals surface area contributed by atoms with Crippen LogP contribution in [0, 0.1) is 0 Å². The van der Waals surface area contributed by atoms with Gasteiger partial charge in [-0.1, -0.05) is 6.07 Å². The Hall–Kier alpha value is -1.23. The van der Waals surface area contributed by atoms with Gasteiger partial charge in [0.25, 0.3) is 0 Å². The number of halogens is 3. The summed E-state index contributed by atoms with van der Waals surface area (Å²) in [5.41, 5.74) is 7.01. The van der Waals surface area contributed by atoms with Gasteiger partial charge in [0, 0.05) is 11.7 Å². The molecule has 5 heteroatoms. The molecule has 2 unspecified atom stereocenters. The lowest BCUT2D eigenvalue weighted by Gasteiger charge is -2.24. The second kappa shape index (κ2) is 3.38. The molecule has 0 aliphatic carbocycles. The molecule has 2 nitrogen and oxygen atoms in total. The lowest BCUT2D eigenvalue weighted by atomic mass is 10.0. The first-order valence-corrected chi connectivity index (χ1v) is 5.71. The predicted molar refractivity (Wildman–Crippen MR) is 58.6 cm³/mol. The van der Waals surface area contributed by atoms with Gasteiger partial charge >= 0.3 is 6.18 Å². The molecule has 0 bridgehead atoms. The van der Waals surface area contributed by atoms with Crippen molar-refractivity contribution in [2.24, 2.45) is 5.73 Å². The number of rotatable bonds is 0. The summed E-state index contributed by atoms with van der Waals surface area (Å²) in [6, 6.07) is 4.28. The lowest BCUT2D eigenvalue weighted by Crippen LogP contribution is -2.39. The van der Waals surface area contributed by atoms with Gasteiger partial charge in [-0.25, -0.2) is 0 Å². The topological polar surface area (TPSA) is 29.3 Å². The maximum absolute atomic E-state index is 12.6. The first kappa shape index (κ1) is 10.9. The minimum atomic E-state index is -4.28. The molecule has 2 atom stereocenters. The maximum Gasteiger partial charge on any atom is 0.416 e. The predicted octanol–water partition coefficient (Wildman–Crippen LogP) is 2.52. The third-order valence-electron chi connectivity index (χ3n) is 3.69. The van der Waals surface area contributed by atoms with Gasteiger partial charge in [-0.3, -0.25) is 0 Å². The minimum absolute atomic E-state index is 0.135. The average Bonchev–Trinajstić information content (AvgIpc) is 2.76. The Morgan fingerprint density at radius 2 is 2.00 bits per heavy atom. The summed E-state index contributed by atoms with van der Waals surface area (Å²) in [5.74, 6) is 0. The van der Waals surface area contributed by atoms with Crippen LogP contribution >= 0.6 is 0 Å².